The van der Waals surface area contributed by atoms with Crippen LogP contribution in [0.1, 0.15) is 79.1 Å². The van der Waals surface area contributed by atoms with Gasteiger partial charge in [0.25, 0.3) is 0 Å². The van der Waals surface area contributed by atoms with Gasteiger partial charge in [-0.25, -0.2) is 0 Å². The predicted octanol–water partition coefficient (Wildman–Crippen LogP) is 7.02. The molecule has 0 heterocycles. The summed E-state index contributed by atoms with van der Waals surface area (Å²) in [5, 5.41) is 0. The summed E-state index contributed by atoms with van der Waals surface area (Å²) >= 11 is 0. The highest BCUT2D eigenvalue weighted by atomic mass is 14.6. The highest BCUT2D eigenvalue weighted by molar-refractivity contribution is 5.22. The van der Waals surface area contributed by atoms with Gasteiger partial charge in [0, 0.05) is 0 Å². The molecule has 0 heteroatoms. The van der Waals surface area contributed by atoms with Gasteiger partial charge in [-0.2, -0.15) is 0 Å². The Morgan fingerprint density at radius 3 is 2.61 bits per heavy atom. The van der Waals surface area contributed by atoms with Crippen molar-refractivity contribution in [3.8, 4) is 0 Å². The van der Waals surface area contributed by atoms with E-state index in [9.17, 15) is 0 Å². The molecular formula is C23H38. The van der Waals surface area contributed by atoms with Crippen LogP contribution in [0.4, 0.5) is 0 Å². The lowest BCUT2D eigenvalue weighted by molar-refractivity contribution is -0.0222. The average molecular weight is 315 g/mol. The molecule has 0 amide bonds. The van der Waals surface area contributed by atoms with Crippen molar-refractivity contribution in [3.05, 3.63) is 24.3 Å². The molecule has 0 N–H and O–H groups in total. The van der Waals surface area contributed by atoms with Gasteiger partial charge in [-0.05, 0) is 79.4 Å². The van der Waals surface area contributed by atoms with E-state index in [-0.39, 0.29) is 0 Å². The molecule has 0 bridgehead atoms. The van der Waals surface area contributed by atoms with Crippen LogP contribution < -0.4 is 0 Å². The van der Waals surface area contributed by atoms with Crippen molar-refractivity contribution in [2.75, 3.05) is 0 Å². The topological polar surface area (TPSA) is 0 Å². The van der Waals surface area contributed by atoms with Crippen LogP contribution in [-0.2, 0) is 0 Å². The number of hydrogen-bond donors (Lipinski definition) is 0. The van der Waals surface area contributed by atoms with Crippen LogP contribution in [0.25, 0.3) is 0 Å². The first-order valence-electron chi connectivity index (χ1n) is 10.4. The molecule has 0 nitrogen and oxygen atoms in total. The lowest BCUT2D eigenvalue weighted by Crippen LogP contribution is -2.46. The van der Waals surface area contributed by atoms with Gasteiger partial charge < -0.3 is 0 Å². The van der Waals surface area contributed by atoms with Gasteiger partial charge in [-0.1, -0.05) is 64.8 Å². The Balaban J connectivity index is 1.92. The summed E-state index contributed by atoms with van der Waals surface area (Å²) in [6, 6.07) is 0. The van der Waals surface area contributed by atoms with Gasteiger partial charge in [0.1, 0.15) is 0 Å². The molecular weight excluding hydrogens is 276 g/mol. The summed E-state index contributed by atoms with van der Waals surface area (Å²) in [5.41, 5.74) is 2.44. The van der Waals surface area contributed by atoms with Crippen molar-refractivity contribution in [2.45, 2.75) is 79.1 Å². The number of allylic oxidation sites excluding steroid dienone is 3. The maximum Gasteiger partial charge on any atom is -0.0166 e. The molecule has 130 valence electrons. The lowest BCUT2D eigenvalue weighted by atomic mass is 9.50. The third-order valence-corrected chi connectivity index (χ3v) is 7.99. The zero-order valence-corrected chi connectivity index (χ0v) is 16.0. The molecule has 7 atom stereocenters. The summed E-state index contributed by atoms with van der Waals surface area (Å²) in [6.45, 7) is 13.9. The first-order valence-corrected chi connectivity index (χ1v) is 10.4. The van der Waals surface area contributed by atoms with Gasteiger partial charge >= 0.3 is 0 Å². The molecule has 3 rings (SSSR count). The number of fused-ring (bicyclic) bond motifs is 3. The summed E-state index contributed by atoms with van der Waals surface area (Å²) in [4.78, 5) is 0. The van der Waals surface area contributed by atoms with E-state index in [0.717, 1.165) is 35.5 Å². The number of hydrogen-bond acceptors (Lipinski definition) is 0. The molecule has 0 spiro atoms. The second kappa shape index (κ2) is 6.77. The molecule has 7 unspecified atom stereocenters. The SMILES string of the molecule is C=C/C=C1/C(C)CC2C(CCC3(CC)CC(C)CC23)C1CCC. The van der Waals surface area contributed by atoms with Crippen molar-refractivity contribution in [2.24, 2.45) is 40.9 Å². The fourth-order valence-electron chi connectivity index (χ4n) is 7.19. The van der Waals surface area contributed by atoms with E-state index in [0.29, 0.717) is 5.41 Å². The lowest BCUT2D eigenvalue weighted by Gasteiger charge is -2.54. The second-order valence-corrected chi connectivity index (χ2v) is 9.17. The van der Waals surface area contributed by atoms with E-state index in [2.05, 4.69) is 40.3 Å². The highest BCUT2D eigenvalue weighted by Crippen LogP contribution is 2.64. The van der Waals surface area contributed by atoms with Crippen LogP contribution in [-0.4, -0.2) is 0 Å². The molecule has 3 saturated carbocycles. The summed E-state index contributed by atoms with van der Waals surface area (Å²) in [6.07, 6.45) is 16.1. The van der Waals surface area contributed by atoms with E-state index < -0.39 is 0 Å². The largest absolute Gasteiger partial charge is 0.0991 e. The molecule has 3 fully saturated rings. The zero-order chi connectivity index (χ0) is 16.6. The fraction of sp³-hybridized carbons (Fsp3) is 0.826. The first kappa shape index (κ1) is 17.3. The quantitative estimate of drug-likeness (QED) is 0.523. The minimum Gasteiger partial charge on any atom is -0.0991 e. The Labute approximate surface area is 144 Å². The average Bonchev–Trinajstić information content (AvgIpc) is 2.88. The van der Waals surface area contributed by atoms with Gasteiger partial charge in [0.2, 0.25) is 0 Å². The molecule has 3 aliphatic carbocycles. The Bertz CT molecular complexity index is 459. The van der Waals surface area contributed by atoms with E-state index >= 15 is 0 Å². The van der Waals surface area contributed by atoms with Crippen LogP contribution in [0.15, 0.2) is 24.3 Å². The number of rotatable bonds is 4. The monoisotopic (exact) mass is 314 g/mol. The molecule has 0 aromatic heterocycles. The van der Waals surface area contributed by atoms with E-state index in [1.54, 1.807) is 5.57 Å². The van der Waals surface area contributed by atoms with E-state index in [1.807, 2.05) is 6.08 Å². The molecule has 23 heavy (non-hydrogen) atoms. The van der Waals surface area contributed by atoms with Crippen LogP contribution in [0.3, 0.4) is 0 Å². The van der Waals surface area contributed by atoms with Crippen LogP contribution in [0.5, 0.6) is 0 Å². The van der Waals surface area contributed by atoms with Gasteiger partial charge in [-0.3, -0.25) is 0 Å². The minimum absolute atomic E-state index is 0.705. The molecule has 0 aromatic rings. The molecule has 0 radical (unpaired) electrons. The van der Waals surface area contributed by atoms with E-state index in [4.69, 9.17) is 0 Å². The Morgan fingerprint density at radius 2 is 1.96 bits per heavy atom. The van der Waals surface area contributed by atoms with Crippen molar-refractivity contribution >= 4 is 0 Å². The van der Waals surface area contributed by atoms with Crippen molar-refractivity contribution < 1.29 is 0 Å². The van der Waals surface area contributed by atoms with Gasteiger partial charge in [0.05, 0.1) is 0 Å². The summed E-state index contributed by atoms with van der Waals surface area (Å²) < 4.78 is 0. The maximum absolute atomic E-state index is 4.00. The molecule has 0 aromatic carbocycles. The zero-order valence-electron chi connectivity index (χ0n) is 16.0. The van der Waals surface area contributed by atoms with Crippen LogP contribution in [0.2, 0.25) is 0 Å². The van der Waals surface area contributed by atoms with Gasteiger partial charge in [-0.15, -0.1) is 0 Å². The first-order chi connectivity index (χ1) is 11.1. The summed E-state index contributed by atoms with van der Waals surface area (Å²) in [5.74, 6) is 5.57. The van der Waals surface area contributed by atoms with Crippen LogP contribution in [0, 0.1) is 40.9 Å². The summed E-state index contributed by atoms with van der Waals surface area (Å²) in [7, 11) is 0. The van der Waals surface area contributed by atoms with Crippen molar-refractivity contribution in [1.29, 1.82) is 0 Å². The third-order valence-electron chi connectivity index (χ3n) is 7.99. The Morgan fingerprint density at radius 1 is 1.17 bits per heavy atom. The highest BCUT2D eigenvalue weighted by Gasteiger charge is 2.55. The smallest absolute Gasteiger partial charge is 0.0166 e. The third kappa shape index (κ3) is 2.85. The fourth-order valence-corrected chi connectivity index (χ4v) is 7.19. The predicted molar refractivity (Wildman–Crippen MR) is 101 cm³/mol. The molecule has 3 aliphatic rings. The normalized spacial score (nSPS) is 48.1. The molecule has 0 saturated heterocycles. The van der Waals surface area contributed by atoms with Crippen molar-refractivity contribution in [3.63, 3.8) is 0 Å². The Hall–Kier alpha value is -0.520. The van der Waals surface area contributed by atoms with E-state index in [1.165, 1.54) is 51.4 Å². The molecule has 0 aliphatic heterocycles. The maximum atomic E-state index is 4.00. The van der Waals surface area contributed by atoms with Gasteiger partial charge in [0.15, 0.2) is 0 Å². The Kier molecular flexibility index (Phi) is 5.09. The van der Waals surface area contributed by atoms with Crippen molar-refractivity contribution in [1.82, 2.24) is 0 Å². The van der Waals surface area contributed by atoms with Crippen LogP contribution >= 0.6 is 0 Å². The standard InChI is InChI=1S/C23H38/c1-6-9-18-17(5)14-21-20(19(18)10-7-2)11-12-23(8-3)15-16(4)13-22(21)23/h6,9,16-17,19-22H,1,7-8,10-15H2,2-5H3/b18-9-. The second-order valence-electron chi connectivity index (χ2n) is 9.17. The minimum atomic E-state index is 0.705.